The van der Waals surface area contributed by atoms with E-state index in [1.54, 1.807) is 14.0 Å². The van der Waals surface area contributed by atoms with E-state index in [-0.39, 0.29) is 18.6 Å². The molecule has 250 valence electrons. The summed E-state index contributed by atoms with van der Waals surface area (Å²) in [6.07, 6.45) is 7.42. The summed E-state index contributed by atoms with van der Waals surface area (Å²) in [5.74, 6) is -0.395. The van der Waals surface area contributed by atoms with Crippen molar-refractivity contribution >= 4 is 11.9 Å². The molecule has 2 aliphatic heterocycles. The van der Waals surface area contributed by atoms with Crippen LogP contribution >= 0.6 is 0 Å². The normalized spacial score (nSPS) is 19.3. The van der Waals surface area contributed by atoms with Gasteiger partial charge in [-0.2, -0.15) is 0 Å². The van der Waals surface area contributed by atoms with E-state index in [0.717, 1.165) is 35.4 Å². The van der Waals surface area contributed by atoms with E-state index in [4.69, 9.17) is 18.9 Å². The Hall–Kier alpha value is -3.70. The second-order valence-electron chi connectivity index (χ2n) is 11.6. The number of likely N-dealkylation sites (tertiary alicyclic amines) is 1. The number of nitrogens with one attached hydrogen (secondary N) is 2. The van der Waals surface area contributed by atoms with Gasteiger partial charge in [0.1, 0.15) is 11.9 Å². The molecule has 1 saturated heterocycles. The van der Waals surface area contributed by atoms with E-state index in [1.165, 1.54) is 24.9 Å². The van der Waals surface area contributed by atoms with Crippen LogP contribution in [0.1, 0.15) is 63.1 Å². The smallest absolute Gasteiger partial charge is 0.329 e. The first-order valence-electron chi connectivity index (χ1n) is 16.3. The predicted molar refractivity (Wildman–Crippen MR) is 177 cm³/mol. The number of methoxy groups -OCH3 is 2. The average molecular weight is 635 g/mol. The minimum absolute atomic E-state index is 0.176. The van der Waals surface area contributed by atoms with E-state index in [0.29, 0.717) is 19.6 Å². The first-order chi connectivity index (χ1) is 22.4. The van der Waals surface area contributed by atoms with Crippen LogP contribution in [0.5, 0.6) is 0 Å². The number of amides is 1. The van der Waals surface area contributed by atoms with Gasteiger partial charge in [0.15, 0.2) is 6.35 Å². The van der Waals surface area contributed by atoms with E-state index in [2.05, 4.69) is 23.6 Å². The number of benzene rings is 2. The second kappa shape index (κ2) is 17.9. The number of hydrogen-bond acceptors (Lipinski definition) is 9. The molecule has 10 nitrogen and oxygen atoms in total. The van der Waals surface area contributed by atoms with Gasteiger partial charge >= 0.3 is 5.97 Å². The highest BCUT2D eigenvalue weighted by molar-refractivity contribution is 5.97. The maximum atomic E-state index is 13.9. The Morgan fingerprint density at radius 2 is 1.63 bits per heavy atom. The Morgan fingerprint density at radius 3 is 2.22 bits per heavy atom. The molecule has 2 aliphatic rings. The molecule has 0 radical (unpaired) electrons. The van der Waals surface area contributed by atoms with Crippen molar-refractivity contribution in [1.82, 2.24) is 20.4 Å². The third kappa shape index (κ3) is 8.97. The molecule has 2 aromatic rings. The van der Waals surface area contributed by atoms with E-state index >= 15 is 0 Å². The predicted octanol–water partition coefficient (Wildman–Crippen LogP) is 4.91. The van der Waals surface area contributed by atoms with Crippen molar-refractivity contribution in [1.29, 1.82) is 0 Å². The van der Waals surface area contributed by atoms with Crippen molar-refractivity contribution in [2.45, 2.75) is 70.8 Å². The van der Waals surface area contributed by atoms with Gasteiger partial charge in [-0.3, -0.25) is 15.0 Å². The zero-order valence-electron chi connectivity index (χ0n) is 27.8. The van der Waals surface area contributed by atoms with Gasteiger partial charge in [-0.1, -0.05) is 92.9 Å². The lowest BCUT2D eigenvalue weighted by molar-refractivity contribution is -0.196. The molecule has 2 heterocycles. The standard InChI is InChI=1S/C36H50N4O6/c1-6-8-9-16-23-46-36(44-5)37-30-25-26(21-22-39(30)3)24-29-32(34(42)45-7-2)40(33(29)41)35(43-4)38-31(27-17-12-10-13-18-27)28-19-14-11-15-20-28/h10-15,17-21,25,29,31-32,35-38H,6-9,16,22-24H2,1-5H3/t29-,32?,35?,36?/m1/s1. The van der Waals surface area contributed by atoms with Crippen LogP contribution in [0.4, 0.5) is 0 Å². The third-order valence-corrected chi connectivity index (χ3v) is 8.39. The molecule has 0 bridgehead atoms. The zero-order valence-corrected chi connectivity index (χ0v) is 27.8. The summed E-state index contributed by atoms with van der Waals surface area (Å²) >= 11 is 0. The number of nitrogens with zero attached hydrogens (tertiary/aromatic N) is 2. The first kappa shape index (κ1) is 35.2. The lowest BCUT2D eigenvalue weighted by Crippen LogP contribution is -2.71. The van der Waals surface area contributed by atoms with Crippen LogP contribution in [-0.4, -0.2) is 81.5 Å². The number of carbonyl (C=O) groups is 2. The van der Waals surface area contributed by atoms with E-state index < -0.39 is 30.7 Å². The molecule has 1 amide bonds. The number of ether oxygens (including phenoxy) is 4. The number of hydrogen-bond donors (Lipinski definition) is 2. The van der Waals surface area contributed by atoms with E-state index in [9.17, 15) is 9.59 Å². The molecular formula is C36H50N4O6. The van der Waals surface area contributed by atoms with Crippen LogP contribution in [0, 0.1) is 5.92 Å². The average Bonchev–Trinajstić information content (AvgIpc) is 3.08. The molecule has 4 atom stereocenters. The van der Waals surface area contributed by atoms with Crippen LogP contribution in [-0.2, 0) is 28.5 Å². The van der Waals surface area contributed by atoms with Crippen molar-refractivity contribution in [2.24, 2.45) is 5.92 Å². The number of unbranched alkanes of at least 4 members (excludes halogenated alkanes) is 3. The highest BCUT2D eigenvalue weighted by Crippen LogP contribution is 2.37. The fraction of sp³-hybridized carbons (Fsp3) is 0.500. The summed E-state index contributed by atoms with van der Waals surface area (Å²) in [6.45, 7) is 5.39. The van der Waals surface area contributed by atoms with Gasteiger partial charge in [-0.25, -0.2) is 4.79 Å². The zero-order chi connectivity index (χ0) is 32.9. The fourth-order valence-corrected chi connectivity index (χ4v) is 5.88. The van der Waals surface area contributed by atoms with Gasteiger partial charge < -0.3 is 29.2 Å². The Balaban J connectivity index is 1.49. The van der Waals surface area contributed by atoms with Gasteiger partial charge in [0.2, 0.25) is 12.3 Å². The van der Waals surface area contributed by atoms with Crippen LogP contribution in [0.3, 0.4) is 0 Å². The largest absolute Gasteiger partial charge is 0.464 e. The lowest BCUT2D eigenvalue weighted by Gasteiger charge is -2.49. The summed E-state index contributed by atoms with van der Waals surface area (Å²) in [5.41, 5.74) is 2.96. The molecule has 0 spiro atoms. The van der Waals surface area contributed by atoms with Crippen molar-refractivity contribution in [3.63, 3.8) is 0 Å². The molecule has 2 aromatic carbocycles. The molecule has 10 heteroatoms. The molecule has 3 unspecified atom stereocenters. The number of β-lactam (4-membered cyclic amide) rings is 1. The van der Waals surface area contributed by atoms with Gasteiger partial charge in [0.25, 0.3) is 0 Å². The van der Waals surface area contributed by atoms with Crippen molar-refractivity contribution in [2.75, 3.05) is 41.0 Å². The molecule has 4 rings (SSSR count). The number of carbonyl (C=O) groups excluding carboxylic acids is 2. The second-order valence-corrected chi connectivity index (χ2v) is 11.6. The Kier molecular flexibility index (Phi) is 13.6. The monoisotopic (exact) mass is 634 g/mol. The van der Waals surface area contributed by atoms with Crippen molar-refractivity contribution in [3.8, 4) is 0 Å². The number of esters is 1. The van der Waals surface area contributed by atoms with Gasteiger partial charge in [0, 0.05) is 27.8 Å². The van der Waals surface area contributed by atoms with Crippen LogP contribution < -0.4 is 10.6 Å². The summed E-state index contributed by atoms with van der Waals surface area (Å²) < 4.78 is 22.8. The topological polar surface area (TPSA) is 102 Å². The van der Waals surface area contributed by atoms with Gasteiger partial charge in [0.05, 0.1) is 25.2 Å². The maximum absolute atomic E-state index is 13.9. The highest BCUT2D eigenvalue weighted by Gasteiger charge is 2.55. The minimum Gasteiger partial charge on any atom is -0.464 e. The van der Waals surface area contributed by atoms with Crippen LogP contribution in [0.15, 0.2) is 84.2 Å². The molecular weight excluding hydrogens is 584 g/mol. The van der Waals surface area contributed by atoms with Crippen molar-refractivity contribution < 1.29 is 28.5 Å². The minimum atomic E-state index is -0.861. The Bertz CT molecular complexity index is 1260. The molecule has 46 heavy (non-hydrogen) atoms. The fourth-order valence-electron chi connectivity index (χ4n) is 5.88. The molecule has 0 aromatic heterocycles. The summed E-state index contributed by atoms with van der Waals surface area (Å²) in [6, 6.07) is 18.8. The van der Waals surface area contributed by atoms with Gasteiger partial charge in [-0.15, -0.1) is 0 Å². The highest BCUT2D eigenvalue weighted by atomic mass is 16.7. The maximum Gasteiger partial charge on any atom is 0.329 e. The molecule has 1 fully saturated rings. The molecule has 2 N–H and O–H groups in total. The Labute approximate surface area is 273 Å². The van der Waals surface area contributed by atoms with Crippen LogP contribution in [0.2, 0.25) is 0 Å². The van der Waals surface area contributed by atoms with E-state index in [1.807, 2.05) is 78.7 Å². The first-order valence-corrected chi connectivity index (χ1v) is 16.3. The Morgan fingerprint density at radius 1 is 0.957 bits per heavy atom. The summed E-state index contributed by atoms with van der Waals surface area (Å²) in [4.78, 5) is 30.7. The number of likely N-dealkylation sites (N-methyl/N-ethyl adjacent to an activating group) is 1. The quantitative estimate of drug-likeness (QED) is 0.0967. The SMILES string of the molecule is CCCCCCOC(NC1=CC(C[C@H]2C(=O)N(C(NC(c3ccccc3)c3ccccc3)OC)C2C(=O)OCC)=CCN1C)OC. The van der Waals surface area contributed by atoms with Crippen molar-refractivity contribution in [3.05, 3.63) is 95.3 Å². The summed E-state index contributed by atoms with van der Waals surface area (Å²) in [7, 11) is 5.12. The number of allylic oxidation sites excluding steroid dienone is 2. The molecule has 0 aliphatic carbocycles. The van der Waals surface area contributed by atoms with Gasteiger partial charge in [-0.05, 0) is 42.5 Å². The lowest BCUT2D eigenvalue weighted by atomic mass is 9.81. The summed E-state index contributed by atoms with van der Waals surface area (Å²) in [5, 5.41) is 6.82. The van der Waals surface area contributed by atoms with Crippen LogP contribution in [0.25, 0.3) is 0 Å². The molecule has 0 saturated carbocycles. The number of rotatable bonds is 19. The third-order valence-electron chi connectivity index (χ3n) is 8.39.